The van der Waals surface area contributed by atoms with Crippen LogP contribution >= 0.6 is 15.6 Å². The molecule has 0 aromatic heterocycles. The minimum Gasteiger partial charge on any atom is -0.462 e. The van der Waals surface area contributed by atoms with Crippen LogP contribution < -0.4 is 0 Å². The normalized spacial score (nSPS) is 14.1. The average molecular weight is 1410 g/mol. The molecule has 0 rings (SSSR count). The molecular formula is C77H150O17P2. The molecule has 0 fully saturated rings. The molecule has 0 heterocycles. The number of esters is 4. The van der Waals surface area contributed by atoms with E-state index >= 15 is 0 Å². The lowest BCUT2D eigenvalue weighted by molar-refractivity contribution is -0.161. The number of carbonyl (C=O) groups is 4. The van der Waals surface area contributed by atoms with Crippen molar-refractivity contribution in [3.8, 4) is 0 Å². The SMILES string of the molecule is CCCCCCCCCCCCCCCCCCCCCCC(=O)O[C@H](COC(=O)CCCCCCCCCCCCCCC(C)C)COP(=O)(O)OC[C@@H](O)COP(=O)(O)OC[C@@H](COC(=O)CCCCCCCCC(C)C)OC(=O)CCCCCCCCCCCC(C)C. The molecule has 0 bridgehead atoms. The highest BCUT2D eigenvalue weighted by atomic mass is 31.2. The van der Waals surface area contributed by atoms with Gasteiger partial charge < -0.3 is 33.8 Å². The van der Waals surface area contributed by atoms with Crippen LogP contribution in [0.1, 0.15) is 395 Å². The lowest BCUT2D eigenvalue weighted by Crippen LogP contribution is -2.30. The molecule has 0 saturated carbocycles. The summed E-state index contributed by atoms with van der Waals surface area (Å²) in [4.78, 5) is 72.8. The number of hydrogen-bond acceptors (Lipinski definition) is 15. The molecule has 0 aliphatic heterocycles. The summed E-state index contributed by atoms with van der Waals surface area (Å²) in [5.74, 6) is 0.0775. The smallest absolute Gasteiger partial charge is 0.462 e. The number of ether oxygens (including phenoxy) is 4. The first-order chi connectivity index (χ1) is 46.2. The summed E-state index contributed by atoms with van der Waals surface area (Å²) >= 11 is 0. The fraction of sp³-hybridized carbons (Fsp3) is 0.948. The Balaban J connectivity index is 5.21. The second-order valence-corrected chi connectivity index (χ2v) is 32.1. The molecule has 0 radical (unpaired) electrons. The van der Waals surface area contributed by atoms with Crippen LogP contribution in [-0.4, -0.2) is 96.7 Å². The van der Waals surface area contributed by atoms with E-state index in [-0.39, 0.29) is 25.7 Å². The number of phosphoric acid groups is 2. The van der Waals surface area contributed by atoms with Gasteiger partial charge in [-0.1, -0.05) is 344 Å². The number of aliphatic hydroxyl groups is 1. The molecule has 19 heteroatoms. The third-order valence-electron chi connectivity index (χ3n) is 17.9. The molecule has 0 amide bonds. The van der Waals surface area contributed by atoms with Gasteiger partial charge in [0.1, 0.15) is 19.3 Å². The highest BCUT2D eigenvalue weighted by Crippen LogP contribution is 2.45. The van der Waals surface area contributed by atoms with Gasteiger partial charge in [-0.15, -0.1) is 0 Å². The molecule has 0 aliphatic rings. The zero-order valence-electron chi connectivity index (χ0n) is 62.8. The van der Waals surface area contributed by atoms with Crippen LogP contribution in [0.2, 0.25) is 0 Å². The van der Waals surface area contributed by atoms with Gasteiger partial charge in [0.05, 0.1) is 26.4 Å². The van der Waals surface area contributed by atoms with Gasteiger partial charge in [-0.05, 0) is 43.4 Å². The Morgan fingerprint density at radius 3 is 0.708 bits per heavy atom. The van der Waals surface area contributed by atoms with E-state index in [0.717, 1.165) is 108 Å². The quantitative estimate of drug-likeness (QED) is 0.0222. The first-order valence-corrected chi connectivity index (χ1v) is 42.8. The molecule has 0 spiro atoms. The van der Waals surface area contributed by atoms with E-state index < -0.39 is 97.5 Å². The minimum atomic E-state index is -4.96. The Kier molecular flexibility index (Phi) is 66.2. The van der Waals surface area contributed by atoms with Crippen molar-refractivity contribution in [2.24, 2.45) is 17.8 Å². The van der Waals surface area contributed by atoms with Crippen molar-refractivity contribution in [3.63, 3.8) is 0 Å². The Morgan fingerprint density at radius 2 is 0.479 bits per heavy atom. The van der Waals surface area contributed by atoms with Crippen LogP contribution in [0.25, 0.3) is 0 Å². The number of hydrogen-bond donors (Lipinski definition) is 3. The molecule has 17 nitrogen and oxygen atoms in total. The first-order valence-electron chi connectivity index (χ1n) is 39.8. The van der Waals surface area contributed by atoms with E-state index in [1.165, 1.54) is 199 Å². The first kappa shape index (κ1) is 94.1. The summed E-state index contributed by atoms with van der Waals surface area (Å²) in [5, 5.41) is 10.6. The van der Waals surface area contributed by atoms with E-state index in [9.17, 15) is 43.2 Å². The van der Waals surface area contributed by atoms with Crippen LogP contribution in [-0.2, 0) is 65.4 Å². The van der Waals surface area contributed by atoms with E-state index in [2.05, 4.69) is 48.5 Å². The van der Waals surface area contributed by atoms with Crippen molar-refractivity contribution >= 4 is 39.5 Å². The summed E-state index contributed by atoms with van der Waals surface area (Å²) in [5.41, 5.74) is 0. The number of carbonyl (C=O) groups excluding carboxylic acids is 4. The lowest BCUT2D eigenvalue weighted by Gasteiger charge is -2.21. The standard InChI is InChI=1S/C77H150O17P2/c1-8-9-10-11-12-13-14-15-16-17-18-19-20-21-22-27-32-37-46-53-60-76(81)93-72(64-87-74(79)58-51-44-36-31-26-24-23-25-29-34-41-48-55-68(2)3)66-91-95(83,84)89-62-71(78)63-90-96(85,86)92-67-73(65-88-75(80)59-52-45-40-39-43-50-57-70(6)7)94-77(82)61-54-47-38-33-28-30-35-42-49-56-69(4)5/h68-73,78H,8-67H2,1-7H3,(H,83,84)(H,85,86)/t71-,72-,73-/m1/s1. The highest BCUT2D eigenvalue weighted by molar-refractivity contribution is 7.47. The molecule has 0 aromatic carbocycles. The molecule has 0 aliphatic carbocycles. The van der Waals surface area contributed by atoms with Gasteiger partial charge in [0.2, 0.25) is 0 Å². The van der Waals surface area contributed by atoms with Crippen molar-refractivity contribution in [1.82, 2.24) is 0 Å². The van der Waals surface area contributed by atoms with Gasteiger partial charge in [0, 0.05) is 25.7 Å². The van der Waals surface area contributed by atoms with Crippen LogP contribution in [0.3, 0.4) is 0 Å². The van der Waals surface area contributed by atoms with Crippen LogP contribution in [0.15, 0.2) is 0 Å². The summed E-state index contributed by atoms with van der Waals surface area (Å²) in [6.07, 6.45) is 54.4. The van der Waals surface area contributed by atoms with Crippen LogP contribution in [0.5, 0.6) is 0 Å². The van der Waals surface area contributed by atoms with Crippen molar-refractivity contribution < 1.29 is 80.2 Å². The van der Waals surface area contributed by atoms with Crippen molar-refractivity contribution in [2.45, 2.75) is 414 Å². The summed E-state index contributed by atoms with van der Waals surface area (Å²) in [6, 6.07) is 0. The second kappa shape index (κ2) is 67.5. The van der Waals surface area contributed by atoms with Crippen molar-refractivity contribution in [2.75, 3.05) is 39.6 Å². The summed E-state index contributed by atoms with van der Waals surface area (Å²) < 4.78 is 68.5. The highest BCUT2D eigenvalue weighted by Gasteiger charge is 2.30. The predicted molar refractivity (Wildman–Crippen MR) is 391 cm³/mol. The number of unbranched alkanes of at least 4 members (excludes halogenated alkanes) is 43. The number of rotatable bonds is 75. The fourth-order valence-corrected chi connectivity index (χ4v) is 13.4. The van der Waals surface area contributed by atoms with Gasteiger partial charge in [0.25, 0.3) is 0 Å². The van der Waals surface area contributed by atoms with Crippen molar-refractivity contribution in [1.29, 1.82) is 0 Å². The zero-order valence-corrected chi connectivity index (χ0v) is 64.6. The van der Waals surface area contributed by atoms with Gasteiger partial charge in [0.15, 0.2) is 12.2 Å². The maximum Gasteiger partial charge on any atom is 0.472 e. The molecule has 3 N–H and O–H groups in total. The largest absolute Gasteiger partial charge is 0.472 e. The second-order valence-electron chi connectivity index (χ2n) is 29.2. The van der Waals surface area contributed by atoms with Gasteiger partial charge in [-0.25, -0.2) is 9.13 Å². The Labute approximate surface area is 588 Å². The maximum absolute atomic E-state index is 13.1. The average Bonchev–Trinajstić information content (AvgIpc) is 1.92. The van der Waals surface area contributed by atoms with E-state index in [1.807, 2.05) is 0 Å². The van der Waals surface area contributed by atoms with Crippen LogP contribution in [0.4, 0.5) is 0 Å². The van der Waals surface area contributed by atoms with Crippen molar-refractivity contribution in [3.05, 3.63) is 0 Å². The van der Waals surface area contributed by atoms with Gasteiger partial charge in [-0.2, -0.15) is 0 Å². The van der Waals surface area contributed by atoms with Crippen LogP contribution in [0, 0.1) is 17.8 Å². The Morgan fingerprint density at radius 1 is 0.281 bits per heavy atom. The molecule has 0 saturated heterocycles. The number of phosphoric ester groups is 2. The predicted octanol–water partition coefficient (Wildman–Crippen LogP) is 22.6. The molecule has 5 atom stereocenters. The Bertz CT molecular complexity index is 1870. The zero-order chi connectivity index (χ0) is 70.9. The molecule has 0 aromatic rings. The Hall–Kier alpha value is -1.94. The molecule has 96 heavy (non-hydrogen) atoms. The van der Waals surface area contributed by atoms with Gasteiger partial charge in [-0.3, -0.25) is 37.3 Å². The van der Waals surface area contributed by atoms with E-state index in [0.29, 0.717) is 31.6 Å². The van der Waals surface area contributed by atoms with E-state index in [1.54, 1.807) is 0 Å². The molecule has 570 valence electrons. The monoisotopic (exact) mass is 1410 g/mol. The maximum atomic E-state index is 13.1. The summed E-state index contributed by atoms with van der Waals surface area (Å²) in [7, 11) is -9.91. The summed E-state index contributed by atoms with van der Waals surface area (Å²) in [6.45, 7) is 11.8. The molecular weight excluding hydrogens is 1260 g/mol. The number of aliphatic hydroxyl groups excluding tert-OH is 1. The third-order valence-corrected chi connectivity index (χ3v) is 19.8. The molecule has 2 unspecified atom stereocenters. The fourth-order valence-electron chi connectivity index (χ4n) is 11.8. The van der Waals surface area contributed by atoms with Gasteiger partial charge >= 0.3 is 39.5 Å². The topological polar surface area (TPSA) is 237 Å². The lowest BCUT2D eigenvalue weighted by atomic mass is 10.0. The van der Waals surface area contributed by atoms with E-state index in [4.69, 9.17) is 37.0 Å². The minimum absolute atomic E-state index is 0.104. The third kappa shape index (κ3) is 70.5.